The molecule has 148 valence electrons. The maximum Gasteiger partial charge on any atom is 0.337 e. The zero-order valence-electron chi connectivity index (χ0n) is 16.3. The van der Waals surface area contributed by atoms with Crippen LogP contribution < -0.4 is 10.9 Å². The van der Waals surface area contributed by atoms with Crippen molar-refractivity contribution < 1.29 is 9.53 Å². The number of thioether (sulfide) groups is 1. The lowest BCUT2D eigenvalue weighted by Crippen LogP contribution is -2.31. The van der Waals surface area contributed by atoms with E-state index in [-0.39, 0.29) is 11.7 Å². The van der Waals surface area contributed by atoms with E-state index < -0.39 is 11.9 Å². The molecule has 1 atom stereocenters. The third-order valence-corrected chi connectivity index (χ3v) is 6.24. The molecular formula is C20H23N3O3S2. The highest BCUT2D eigenvalue weighted by atomic mass is 32.2. The molecule has 0 fully saturated rings. The maximum atomic E-state index is 13.0. The minimum atomic E-state index is -0.516. The van der Waals surface area contributed by atoms with Gasteiger partial charge in [0.05, 0.1) is 23.2 Å². The first-order valence-electron chi connectivity index (χ1n) is 8.94. The number of nitrogens with zero attached hydrogens (tertiary/aromatic N) is 1. The Bertz CT molecular complexity index is 1000. The van der Waals surface area contributed by atoms with Crippen LogP contribution in [0.2, 0.25) is 0 Å². The molecule has 2 aromatic rings. The normalized spacial score (nSPS) is 16.0. The van der Waals surface area contributed by atoms with E-state index in [1.54, 1.807) is 19.9 Å². The van der Waals surface area contributed by atoms with Gasteiger partial charge in [-0.05, 0) is 44.7 Å². The van der Waals surface area contributed by atoms with E-state index in [9.17, 15) is 9.59 Å². The quantitative estimate of drug-likeness (QED) is 0.317. The first-order chi connectivity index (χ1) is 13.3. The molecule has 0 radical (unpaired) electrons. The summed E-state index contributed by atoms with van der Waals surface area (Å²) in [6.07, 6.45) is 1.49. The number of aromatic nitrogens is 2. The molecule has 1 aliphatic rings. The van der Waals surface area contributed by atoms with Crippen LogP contribution in [0.5, 0.6) is 0 Å². The molecule has 0 aromatic carbocycles. The molecule has 0 saturated heterocycles. The summed E-state index contributed by atoms with van der Waals surface area (Å²) >= 11 is 2.92. The van der Waals surface area contributed by atoms with Crippen LogP contribution in [-0.4, -0.2) is 27.8 Å². The second-order valence-electron chi connectivity index (χ2n) is 6.75. The topological polar surface area (TPSA) is 84.1 Å². The Labute approximate surface area is 172 Å². The van der Waals surface area contributed by atoms with Crippen molar-refractivity contribution in [1.82, 2.24) is 9.97 Å². The van der Waals surface area contributed by atoms with E-state index in [2.05, 4.69) is 21.9 Å². The van der Waals surface area contributed by atoms with Gasteiger partial charge < -0.3 is 15.0 Å². The number of carbonyl (C=O) groups is 1. The molecular weight excluding hydrogens is 394 g/mol. The Balaban J connectivity index is 2.19. The smallest absolute Gasteiger partial charge is 0.337 e. The van der Waals surface area contributed by atoms with Crippen LogP contribution in [0, 0.1) is 6.92 Å². The summed E-state index contributed by atoms with van der Waals surface area (Å²) in [5.74, 6) is 0.174. The Kier molecular flexibility index (Phi) is 6.10. The number of carbonyl (C=O) groups excluding carboxylic acids is 1. The minimum Gasteiger partial charge on any atom is -0.460 e. The van der Waals surface area contributed by atoms with Crippen molar-refractivity contribution >= 4 is 34.9 Å². The molecule has 8 heteroatoms. The summed E-state index contributed by atoms with van der Waals surface area (Å²) in [6, 6.07) is 1.98. The zero-order valence-corrected chi connectivity index (χ0v) is 17.9. The van der Waals surface area contributed by atoms with E-state index in [1.807, 2.05) is 25.3 Å². The molecule has 0 bridgehead atoms. The van der Waals surface area contributed by atoms with Crippen LogP contribution in [0.3, 0.4) is 0 Å². The highest BCUT2D eigenvalue weighted by Gasteiger charge is 2.38. The van der Waals surface area contributed by atoms with Gasteiger partial charge in [-0.2, -0.15) is 0 Å². The summed E-state index contributed by atoms with van der Waals surface area (Å²) in [5, 5.41) is 5.62. The first kappa shape index (κ1) is 20.4. The second-order valence-corrected chi connectivity index (χ2v) is 8.71. The van der Waals surface area contributed by atoms with Crippen LogP contribution >= 0.6 is 23.1 Å². The van der Waals surface area contributed by atoms with Crippen LogP contribution in [0.15, 0.2) is 45.3 Å². The number of H-pyrrole nitrogens is 1. The lowest BCUT2D eigenvalue weighted by Gasteiger charge is -2.29. The van der Waals surface area contributed by atoms with Gasteiger partial charge in [0.2, 0.25) is 0 Å². The van der Waals surface area contributed by atoms with Crippen molar-refractivity contribution in [3.63, 3.8) is 0 Å². The molecule has 1 unspecified atom stereocenters. The number of anilines is 1. The fourth-order valence-corrected chi connectivity index (χ4v) is 4.77. The van der Waals surface area contributed by atoms with Crippen LogP contribution in [0.4, 0.5) is 5.82 Å². The van der Waals surface area contributed by atoms with Crippen LogP contribution in [0.25, 0.3) is 0 Å². The Morgan fingerprint density at radius 3 is 2.82 bits per heavy atom. The van der Waals surface area contributed by atoms with Crippen molar-refractivity contribution in [3.05, 3.63) is 61.7 Å². The van der Waals surface area contributed by atoms with Crippen molar-refractivity contribution in [2.24, 2.45) is 0 Å². The fourth-order valence-electron chi connectivity index (χ4n) is 3.13. The zero-order chi connectivity index (χ0) is 20.4. The number of fused-ring (bicyclic) bond motifs is 1. The van der Waals surface area contributed by atoms with Gasteiger partial charge in [0, 0.05) is 16.3 Å². The number of aryl methyl sites for hydroxylation is 1. The van der Waals surface area contributed by atoms with Gasteiger partial charge in [-0.3, -0.25) is 4.79 Å². The van der Waals surface area contributed by atoms with E-state index >= 15 is 0 Å². The number of thiophene rings is 1. The summed E-state index contributed by atoms with van der Waals surface area (Å²) in [7, 11) is 0. The van der Waals surface area contributed by atoms with Crippen LogP contribution in [-0.2, 0) is 9.53 Å². The van der Waals surface area contributed by atoms with Gasteiger partial charge in [0.25, 0.3) is 5.56 Å². The van der Waals surface area contributed by atoms with Gasteiger partial charge in [0.1, 0.15) is 5.82 Å². The summed E-state index contributed by atoms with van der Waals surface area (Å²) < 4.78 is 5.48. The second kappa shape index (κ2) is 8.36. The SMILES string of the molecule is C=CCSc1nc2c(c(=O)[nH]1)C(c1sccc1C)C(C(=O)OC(C)C)=C(C)N2. The molecule has 2 aromatic heterocycles. The Hall–Kier alpha value is -2.32. The molecule has 0 spiro atoms. The monoisotopic (exact) mass is 417 g/mol. The van der Waals surface area contributed by atoms with Crippen molar-refractivity contribution in [2.45, 2.75) is 44.9 Å². The molecule has 6 nitrogen and oxygen atoms in total. The van der Waals surface area contributed by atoms with Crippen molar-refractivity contribution in [2.75, 3.05) is 11.1 Å². The number of nitrogens with one attached hydrogen (secondary N) is 2. The van der Waals surface area contributed by atoms with E-state index in [4.69, 9.17) is 4.74 Å². The van der Waals surface area contributed by atoms with Gasteiger partial charge in [0.15, 0.2) is 5.16 Å². The summed E-state index contributed by atoms with van der Waals surface area (Å²) in [6.45, 7) is 11.1. The highest BCUT2D eigenvalue weighted by Crippen LogP contribution is 2.43. The predicted molar refractivity (Wildman–Crippen MR) is 114 cm³/mol. The summed E-state index contributed by atoms with van der Waals surface area (Å²) in [5.41, 5.74) is 2.30. The molecule has 0 saturated carbocycles. The highest BCUT2D eigenvalue weighted by molar-refractivity contribution is 7.99. The number of rotatable bonds is 6. The van der Waals surface area contributed by atoms with Crippen LogP contribution in [0.1, 0.15) is 42.7 Å². The number of ether oxygens (including phenoxy) is 1. The number of hydrogen-bond acceptors (Lipinski definition) is 7. The number of aromatic amines is 1. The van der Waals surface area contributed by atoms with E-state index in [0.29, 0.717) is 33.6 Å². The van der Waals surface area contributed by atoms with Gasteiger partial charge in [-0.25, -0.2) is 9.78 Å². The fraction of sp³-hybridized carbons (Fsp3) is 0.350. The number of esters is 1. The predicted octanol–water partition coefficient (Wildman–Crippen LogP) is 4.20. The van der Waals surface area contributed by atoms with Crippen molar-refractivity contribution in [3.8, 4) is 0 Å². The third-order valence-electron chi connectivity index (χ3n) is 4.29. The molecule has 1 aliphatic heterocycles. The van der Waals surface area contributed by atoms with E-state index in [0.717, 1.165) is 10.4 Å². The molecule has 2 N–H and O–H groups in total. The number of allylic oxidation sites excluding steroid dienone is 1. The van der Waals surface area contributed by atoms with Gasteiger partial charge in [-0.15, -0.1) is 17.9 Å². The molecule has 0 amide bonds. The minimum absolute atomic E-state index is 0.256. The first-order valence-corrected chi connectivity index (χ1v) is 10.8. The molecule has 0 aliphatic carbocycles. The Morgan fingerprint density at radius 2 is 2.21 bits per heavy atom. The Morgan fingerprint density at radius 1 is 1.46 bits per heavy atom. The average Bonchev–Trinajstić information content (AvgIpc) is 3.03. The van der Waals surface area contributed by atoms with Gasteiger partial charge >= 0.3 is 5.97 Å². The standard InChI is InChI=1S/C20H23N3O3S2/c1-6-8-28-20-22-17-15(18(24)23-20)14(16-11(4)7-9-27-16)13(12(5)21-17)19(25)26-10(2)3/h6-7,9-10,14H,1,8H2,2-5H3,(H2,21,22,23,24). The number of hydrogen-bond donors (Lipinski definition) is 2. The largest absolute Gasteiger partial charge is 0.460 e. The molecule has 3 rings (SSSR count). The van der Waals surface area contributed by atoms with Gasteiger partial charge in [-0.1, -0.05) is 17.8 Å². The lowest BCUT2D eigenvalue weighted by molar-refractivity contribution is -0.142. The lowest BCUT2D eigenvalue weighted by atomic mass is 9.85. The molecule has 3 heterocycles. The van der Waals surface area contributed by atoms with Crippen molar-refractivity contribution in [1.29, 1.82) is 0 Å². The third kappa shape index (κ3) is 3.93. The molecule has 28 heavy (non-hydrogen) atoms. The summed E-state index contributed by atoms with van der Waals surface area (Å²) in [4.78, 5) is 34.3. The average molecular weight is 418 g/mol. The maximum absolute atomic E-state index is 13.0. The van der Waals surface area contributed by atoms with E-state index in [1.165, 1.54) is 23.1 Å².